The summed E-state index contributed by atoms with van der Waals surface area (Å²) in [6, 6.07) is 1.88. The van der Waals surface area contributed by atoms with Crippen molar-refractivity contribution in [1.29, 1.82) is 0 Å². The molecular weight excluding hydrogens is 310 g/mol. The topological polar surface area (TPSA) is 29.1 Å². The Balaban J connectivity index is 1.79. The van der Waals surface area contributed by atoms with Gasteiger partial charge in [-0.2, -0.15) is 0 Å². The van der Waals surface area contributed by atoms with Crippen molar-refractivity contribution in [3.05, 3.63) is 27.7 Å². The van der Waals surface area contributed by atoms with Crippen molar-refractivity contribution in [3.8, 4) is 0 Å². The molecule has 2 rings (SSSR count). The van der Waals surface area contributed by atoms with Crippen LogP contribution in [0, 0.1) is 12.8 Å². The minimum Gasteiger partial charge on any atom is -0.349 e. The molecule has 1 saturated carbocycles. The first-order chi connectivity index (χ1) is 8.65. The molecule has 2 nitrogen and oxygen atoms in total. The quantitative estimate of drug-likeness (QED) is 0.871. The lowest BCUT2D eigenvalue weighted by Gasteiger charge is -2.24. The molecule has 1 aliphatic carbocycles. The summed E-state index contributed by atoms with van der Waals surface area (Å²) in [5.41, 5.74) is 0. The number of hydrogen-bond donors (Lipinski definition) is 1. The van der Waals surface area contributed by atoms with Crippen LogP contribution in [-0.4, -0.2) is 11.9 Å². The molecule has 0 spiro atoms. The zero-order valence-electron chi connectivity index (χ0n) is 10.5. The first-order valence-corrected chi connectivity index (χ1v) is 8.20. The first-order valence-electron chi connectivity index (χ1n) is 6.53. The van der Waals surface area contributed by atoms with Crippen molar-refractivity contribution >= 4 is 33.2 Å². The molecule has 0 unspecified atom stereocenters. The maximum Gasteiger partial charge on any atom is 0.261 e. The molecule has 4 heteroatoms. The molecule has 1 amide bonds. The van der Waals surface area contributed by atoms with Gasteiger partial charge >= 0.3 is 0 Å². The number of nitrogens with one attached hydrogen (secondary N) is 1. The molecule has 1 fully saturated rings. The van der Waals surface area contributed by atoms with E-state index in [1.807, 2.05) is 11.4 Å². The molecule has 0 bridgehead atoms. The van der Waals surface area contributed by atoms with Crippen LogP contribution in [0.2, 0.25) is 0 Å². The molecule has 1 radical (unpaired) electrons. The molecule has 1 aromatic rings. The zero-order chi connectivity index (χ0) is 13.0. The number of halogens is 1. The summed E-state index contributed by atoms with van der Waals surface area (Å²) in [6.07, 6.45) is 7.65. The van der Waals surface area contributed by atoms with Gasteiger partial charge < -0.3 is 5.32 Å². The van der Waals surface area contributed by atoms with Gasteiger partial charge in [0.1, 0.15) is 0 Å². The van der Waals surface area contributed by atoms with E-state index in [-0.39, 0.29) is 11.9 Å². The lowest BCUT2D eigenvalue weighted by molar-refractivity contribution is 0.0942. The summed E-state index contributed by atoms with van der Waals surface area (Å²) in [7, 11) is 0. The van der Waals surface area contributed by atoms with Gasteiger partial charge in [0.2, 0.25) is 0 Å². The van der Waals surface area contributed by atoms with Crippen molar-refractivity contribution in [3.63, 3.8) is 0 Å². The maximum absolute atomic E-state index is 11.9. The molecule has 0 saturated heterocycles. The van der Waals surface area contributed by atoms with Crippen molar-refractivity contribution in [1.82, 2.24) is 5.32 Å². The predicted molar refractivity (Wildman–Crippen MR) is 79.8 cm³/mol. The minimum atomic E-state index is 0.00140. The van der Waals surface area contributed by atoms with E-state index < -0.39 is 0 Å². The molecule has 1 heterocycles. The van der Waals surface area contributed by atoms with Gasteiger partial charge in [-0.05, 0) is 41.3 Å². The van der Waals surface area contributed by atoms with E-state index in [1.165, 1.54) is 43.4 Å². The lowest BCUT2D eigenvalue weighted by atomic mass is 9.85. The molecule has 18 heavy (non-hydrogen) atoms. The van der Waals surface area contributed by atoms with Crippen LogP contribution in [0.15, 0.2) is 15.9 Å². The Morgan fingerprint density at radius 3 is 2.83 bits per heavy atom. The van der Waals surface area contributed by atoms with Gasteiger partial charge in [0.05, 0.1) is 4.88 Å². The summed E-state index contributed by atoms with van der Waals surface area (Å²) < 4.78 is 0.963. The van der Waals surface area contributed by atoms with E-state index in [0.29, 0.717) is 0 Å². The van der Waals surface area contributed by atoms with Crippen LogP contribution in [0.1, 0.15) is 48.2 Å². The van der Waals surface area contributed by atoms with Crippen molar-refractivity contribution < 1.29 is 4.79 Å². The monoisotopic (exact) mass is 328 g/mol. The molecular formula is C14H19BrNOS. The standard InChI is InChI=1S/C14H19BrNOS/c1-10(7-11-5-3-2-4-6-11)16-14(17)13-8-12(15)9-18-13/h8-11H,1-7H2,(H,16,17)/t10-/m0/s1. The number of hydrogen-bond acceptors (Lipinski definition) is 2. The smallest absolute Gasteiger partial charge is 0.261 e. The summed E-state index contributed by atoms with van der Waals surface area (Å²) >= 11 is 4.82. The van der Waals surface area contributed by atoms with E-state index in [1.54, 1.807) is 0 Å². The third-order valence-corrected chi connectivity index (χ3v) is 5.16. The predicted octanol–water partition coefficient (Wildman–Crippen LogP) is 4.41. The average Bonchev–Trinajstić information content (AvgIpc) is 2.77. The Labute approximate surface area is 121 Å². The molecule has 1 aromatic heterocycles. The van der Waals surface area contributed by atoms with Crippen LogP contribution in [0.3, 0.4) is 0 Å². The molecule has 99 valence electrons. The van der Waals surface area contributed by atoms with Gasteiger partial charge in [-0.3, -0.25) is 4.79 Å². The van der Waals surface area contributed by atoms with E-state index >= 15 is 0 Å². The Morgan fingerprint density at radius 1 is 1.50 bits per heavy atom. The Morgan fingerprint density at radius 2 is 2.22 bits per heavy atom. The highest BCUT2D eigenvalue weighted by Gasteiger charge is 2.18. The summed E-state index contributed by atoms with van der Waals surface area (Å²) in [5.74, 6) is 0.748. The van der Waals surface area contributed by atoms with Crippen LogP contribution in [0.25, 0.3) is 0 Å². The number of carbonyl (C=O) groups excluding carboxylic acids is 1. The maximum atomic E-state index is 11.9. The van der Waals surface area contributed by atoms with Crippen LogP contribution >= 0.6 is 27.3 Å². The molecule has 0 aliphatic heterocycles. The van der Waals surface area contributed by atoms with Crippen molar-refractivity contribution in [2.75, 3.05) is 0 Å². The number of carbonyl (C=O) groups is 1. The lowest BCUT2D eigenvalue weighted by Crippen LogP contribution is -2.34. The van der Waals surface area contributed by atoms with Crippen LogP contribution in [0.4, 0.5) is 0 Å². The second-order valence-electron chi connectivity index (χ2n) is 5.04. The molecule has 1 aliphatic rings. The Kier molecular flexibility index (Phi) is 5.25. The first kappa shape index (κ1) is 14.1. The highest BCUT2D eigenvalue weighted by Crippen LogP contribution is 2.27. The van der Waals surface area contributed by atoms with Gasteiger partial charge in [-0.1, -0.05) is 32.1 Å². The van der Waals surface area contributed by atoms with Gasteiger partial charge in [0, 0.05) is 15.9 Å². The van der Waals surface area contributed by atoms with Crippen LogP contribution in [-0.2, 0) is 0 Å². The number of thiophene rings is 1. The van der Waals surface area contributed by atoms with Crippen molar-refractivity contribution in [2.45, 2.75) is 44.6 Å². The second kappa shape index (κ2) is 6.71. The zero-order valence-corrected chi connectivity index (χ0v) is 12.9. The Bertz CT molecular complexity index is 398. The number of amides is 1. The molecule has 1 atom stereocenters. The minimum absolute atomic E-state index is 0.00140. The van der Waals surface area contributed by atoms with E-state index in [9.17, 15) is 4.79 Å². The average molecular weight is 329 g/mol. The summed E-state index contributed by atoms with van der Waals surface area (Å²) in [4.78, 5) is 12.7. The summed E-state index contributed by atoms with van der Waals surface area (Å²) in [6.45, 7) is 4.07. The van der Waals surface area contributed by atoms with E-state index in [4.69, 9.17) is 0 Å². The van der Waals surface area contributed by atoms with Crippen LogP contribution < -0.4 is 5.32 Å². The van der Waals surface area contributed by atoms with Gasteiger partial charge in [-0.15, -0.1) is 11.3 Å². The fraction of sp³-hybridized carbons (Fsp3) is 0.571. The van der Waals surface area contributed by atoms with Crippen LogP contribution in [0.5, 0.6) is 0 Å². The van der Waals surface area contributed by atoms with Gasteiger partial charge in [0.15, 0.2) is 0 Å². The third-order valence-electron chi connectivity index (χ3n) is 3.47. The largest absolute Gasteiger partial charge is 0.349 e. The number of rotatable bonds is 4. The highest BCUT2D eigenvalue weighted by molar-refractivity contribution is 9.10. The third kappa shape index (κ3) is 4.09. The highest BCUT2D eigenvalue weighted by atomic mass is 79.9. The van der Waals surface area contributed by atoms with Gasteiger partial charge in [-0.25, -0.2) is 0 Å². The van der Waals surface area contributed by atoms with Crippen molar-refractivity contribution in [2.24, 2.45) is 5.92 Å². The van der Waals surface area contributed by atoms with E-state index in [2.05, 4.69) is 28.2 Å². The fourth-order valence-corrected chi connectivity index (χ4v) is 3.90. The van der Waals surface area contributed by atoms with E-state index in [0.717, 1.165) is 21.7 Å². The summed E-state index contributed by atoms with van der Waals surface area (Å²) in [5, 5.41) is 4.92. The molecule has 1 N–H and O–H groups in total. The SMILES string of the molecule is [CH2][C@@H](CC1CCCCC1)NC(=O)c1cc(Br)cs1. The molecule has 0 aromatic carbocycles. The Hall–Kier alpha value is -0.350. The normalized spacial score (nSPS) is 18.6. The fourth-order valence-electron chi connectivity index (χ4n) is 2.57. The van der Waals surface area contributed by atoms with Gasteiger partial charge in [0.25, 0.3) is 5.91 Å². The second-order valence-corrected chi connectivity index (χ2v) is 6.87.